The van der Waals surface area contributed by atoms with Crippen LogP contribution in [0.15, 0.2) is 46.9 Å². The van der Waals surface area contributed by atoms with Gasteiger partial charge in [-0.25, -0.2) is 4.79 Å². The molecule has 8 heteroatoms. The van der Waals surface area contributed by atoms with E-state index in [1.807, 2.05) is 6.07 Å². The van der Waals surface area contributed by atoms with Crippen molar-refractivity contribution in [1.82, 2.24) is 5.32 Å². The molecule has 0 aromatic heterocycles. The molecule has 1 amide bonds. The van der Waals surface area contributed by atoms with E-state index in [1.54, 1.807) is 30.3 Å². The Morgan fingerprint density at radius 1 is 1.17 bits per heavy atom. The minimum Gasteiger partial charge on any atom is -0.478 e. The van der Waals surface area contributed by atoms with Gasteiger partial charge in [0.15, 0.2) is 5.11 Å². The lowest BCUT2D eigenvalue weighted by atomic mass is 10.2. The Kier molecular flexibility index (Phi) is 6.08. The summed E-state index contributed by atoms with van der Waals surface area (Å²) in [7, 11) is 0. The number of anilines is 1. The zero-order valence-corrected chi connectivity index (χ0v) is 16.0. The van der Waals surface area contributed by atoms with E-state index in [9.17, 15) is 14.7 Å². The van der Waals surface area contributed by atoms with Crippen molar-refractivity contribution in [3.05, 3.63) is 61.6 Å². The van der Waals surface area contributed by atoms with Crippen LogP contribution in [-0.4, -0.2) is 22.1 Å². The summed E-state index contributed by atoms with van der Waals surface area (Å²) in [5.41, 5.74) is 0.814. The maximum Gasteiger partial charge on any atom is 0.337 e. The average molecular weight is 505 g/mol. The minimum absolute atomic E-state index is 0.0266. The third kappa shape index (κ3) is 4.98. The van der Waals surface area contributed by atoms with Crippen LogP contribution in [0.25, 0.3) is 0 Å². The van der Waals surface area contributed by atoms with Crippen molar-refractivity contribution in [2.24, 2.45) is 0 Å². The van der Waals surface area contributed by atoms with E-state index < -0.39 is 5.97 Å². The summed E-state index contributed by atoms with van der Waals surface area (Å²) < 4.78 is 1.56. The quantitative estimate of drug-likeness (QED) is 0.436. The van der Waals surface area contributed by atoms with Crippen LogP contribution in [0.1, 0.15) is 20.7 Å². The Morgan fingerprint density at radius 2 is 1.91 bits per heavy atom. The van der Waals surface area contributed by atoms with Crippen molar-refractivity contribution in [2.75, 3.05) is 5.32 Å². The van der Waals surface area contributed by atoms with Crippen LogP contribution in [0, 0.1) is 3.57 Å². The Balaban J connectivity index is 2.11. The van der Waals surface area contributed by atoms with Gasteiger partial charge in [-0.1, -0.05) is 22.0 Å². The largest absolute Gasteiger partial charge is 0.478 e. The topological polar surface area (TPSA) is 78.4 Å². The number of benzene rings is 2. The normalized spacial score (nSPS) is 10.0. The highest BCUT2D eigenvalue weighted by Crippen LogP contribution is 2.21. The van der Waals surface area contributed by atoms with Crippen LogP contribution in [0.4, 0.5) is 5.69 Å². The van der Waals surface area contributed by atoms with E-state index >= 15 is 0 Å². The summed E-state index contributed by atoms with van der Waals surface area (Å²) in [6.07, 6.45) is 0. The molecule has 0 heterocycles. The third-order valence-electron chi connectivity index (χ3n) is 2.77. The lowest BCUT2D eigenvalue weighted by Gasteiger charge is -2.12. The summed E-state index contributed by atoms with van der Waals surface area (Å²) >= 11 is 10.4. The molecule has 0 saturated carbocycles. The van der Waals surface area contributed by atoms with Gasteiger partial charge in [-0.15, -0.1) is 0 Å². The lowest BCUT2D eigenvalue weighted by Crippen LogP contribution is -2.34. The summed E-state index contributed by atoms with van der Waals surface area (Å²) in [5.74, 6) is -1.46. The predicted molar refractivity (Wildman–Crippen MR) is 104 cm³/mol. The van der Waals surface area contributed by atoms with Gasteiger partial charge >= 0.3 is 5.97 Å². The van der Waals surface area contributed by atoms with Crippen LogP contribution in [-0.2, 0) is 0 Å². The van der Waals surface area contributed by atoms with Gasteiger partial charge < -0.3 is 10.4 Å². The smallest absolute Gasteiger partial charge is 0.337 e. The number of carbonyl (C=O) groups is 2. The molecule has 2 rings (SSSR count). The van der Waals surface area contributed by atoms with Crippen molar-refractivity contribution in [3.63, 3.8) is 0 Å². The molecule has 2 aromatic rings. The minimum atomic E-state index is -1.10. The van der Waals surface area contributed by atoms with Crippen molar-refractivity contribution >= 4 is 73.4 Å². The second kappa shape index (κ2) is 7.84. The number of nitrogens with one attached hydrogen (secondary N) is 2. The SMILES string of the molecule is O=C(NC(=S)Nc1ccc(Br)cc1C(=O)O)c1cccc(I)c1. The number of hydrogen-bond donors (Lipinski definition) is 3. The maximum absolute atomic E-state index is 12.1. The van der Waals surface area contributed by atoms with Crippen molar-refractivity contribution in [1.29, 1.82) is 0 Å². The molecular weight excluding hydrogens is 495 g/mol. The highest BCUT2D eigenvalue weighted by Gasteiger charge is 2.13. The Hall–Kier alpha value is -1.52. The first kappa shape index (κ1) is 17.8. The van der Waals surface area contributed by atoms with E-state index in [0.29, 0.717) is 15.7 Å². The van der Waals surface area contributed by atoms with Crippen molar-refractivity contribution in [3.8, 4) is 0 Å². The molecule has 0 spiro atoms. The second-order valence-electron chi connectivity index (χ2n) is 4.41. The molecule has 23 heavy (non-hydrogen) atoms. The van der Waals surface area contributed by atoms with Crippen molar-refractivity contribution < 1.29 is 14.7 Å². The molecule has 0 bridgehead atoms. The number of carboxylic acid groups (broad SMARTS) is 1. The fraction of sp³-hybridized carbons (Fsp3) is 0. The first-order valence-electron chi connectivity index (χ1n) is 6.27. The van der Waals surface area contributed by atoms with Crippen LogP contribution in [0.5, 0.6) is 0 Å². The number of carbonyl (C=O) groups excluding carboxylic acids is 1. The van der Waals surface area contributed by atoms with Gasteiger partial charge in [0.1, 0.15) is 0 Å². The van der Waals surface area contributed by atoms with Gasteiger partial charge in [0.2, 0.25) is 0 Å². The third-order valence-corrected chi connectivity index (χ3v) is 4.14. The molecule has 0 aliphatic rings. The summed E-state index contributed by atoms with van der Waals surface area (Å²) in [5, 5.41) is 14.5. The van der Waals surface area contributed by atoms with E-state index in [1.165, 1.54) is 6.07 Å². The molecule has 2 aromatic carbocycles. The molecule has 0 unspecified atom stereocenters. The molecule has 0 aliphatic carbocycles. The number of halogens is 2. The summed E-state index contributed by atoms with van der Waals surface area (Å²) in [6.45, 7) is 0. The zero-order chi connectivity index (χ0) is 17.0. The number of aromatic carboxylic acids is 1. The summed E-state index contributed by atoms with van der Waals surface area (Å²) in [6, 6.07) is 11.7. The van der Waals surface area contributed by atoms with Gasteiger partial charge in [0, 0.05) is 13.6 Å². The van der Waals surface area contributed by atoms with Crippen molar-refractivity contribution in [2.45, 2.75) is 0 Å². The number of hydrogen-bond acceptors (Lipinski definition) is 3. The molecule has 3 N–H and O–H groups in total. The predicted octanol–water partition coefficient (Wildman–Crippen LogP) is 3.88. The monoisotopic (exact) mass is 504 g/mol. The fourth-order valence-electron chi connectivity index (χ4n) is 1.76. The van der Waals surface area contributed by atoms with Gasteiger partial charge in [-0.3, -0.25) is 10.1 Å². The van der Waals surface area contributed by atoms with Gasteiger partial charge in [0.05, 0.1) is 11.3 Å². The van der Waals surface area contributed by atoms with E-state index in [4.69, 9.17) is 12.2 Å². The van der Waals surface area contributed by atoms with Gasteiger partial charge in [0.25, 0.3) is 5.91 Å². The first-order chi connectivity index (χ1) is 10.9. The van der Waals surface area contributed by atoms with E-state index in [-0.39, 0.29) is 16.6 Å². The summed E-state index contributed by atoms with van der Waals surface area (Å²) in [4.78, 5) is 23.3. The molecule has 0 aliphatic heterocycles. The van der Waals surface area contributed by atoms with Crippen LogP contribution in [0.2, 0.25) is 0 Å². The Labute approximate surface area is 159 Å². The molecular formula is C15H10BrIN2O3S. The molecule has 0 radical (unpaired) electrons. The number of amides is 1. The molecule has 0 fully saturated rings. The fourth-order valence-corrected chi connectivity index (χ4v) is 2.87. The van der Waals surface area contributed by atoms with Crippen LogP contribution >= 0.6 is 50.7 Å². The average Bonchev–Trinajstić information content (AvgIpc) is 2.48. The highest BCUT2D eigenvalue weighted by atomic mass is 127. The number of carboxylic acids is 1. The van der Waals surface area contributed by atoms with Crippen LogP contribution in [0.3, 0.4) is 0 Å². The molecule has 118 valence electrons. The standard InChI is InChI=1S/C15H10BrIN2O3S/c16-9-4-5-12(11(7-9)14(21)22)18-15(23)19-13(20)8-2-1-3-10(17)6-8/h1-7H,(H,21,22)(H2,18,19,20,23). The number of rotatable bonds is 3. The lowest BCUT2D eigenvalue weighted by molar-refractivity contribution is 0.0697. The molecule has 0 atom stereocenters. The van der Waals surface area contributed by atoms with Gasteiger partial charge in [-0.2, -0.15) is 0 Å². The molecule has 5 nitrogen and oxygen atoms in total. The maximum atomic E-state index is 12.1. The Morgan fingerprint density at radius 3 is 2.57 bits per heavy atom. The Bertz CT molecular complexity index is 798. The second-order valence-corrected chi connectivity index (χ2v) is 6.98. The first-order valence-corrected chi connectivity index (χ1v) is 8.55. The highest BCUT2D eigenvalue weighted by molar-refractivity contribution is 14.1. The van der Waals surface area contributed by atoms with Crippen LogP contribution < -0.4 is 10.6 Å². The number of thiocarbonyl (C=S) groups is 1. The van der Waals surface area contributed by atoms with E-state index in [0.717, 1.165) is 3.57 Å². The van der Waals surface area contributed by atoms with Gasteiger partial charge in [-0.05, 0) is 71.2 Å². The molecule has 0 saturated heterocycles. The zero-order valence-electron chi connectivity index (χ0n) is 11.5. The van der Waals surface area contributed by atoms with E-state index in [2.05, 4.69) is 49.2 Å².